The molecule has 4 heteroatoms. The lowest BCUT2D eigenvalue weighted by molar-refractivity contribution is -0.140. The van der Waals surface area contributed by atoms with Crippen molar-refractivity contribution in [2.75, 3.05) is 0 Å². The van der Waals surface area contributed by atoms with Crippen LogP contribution in [0.25, 0.3) is 0 Å². The minimum atomic E-state index is -0.397. The molecule has 0 aromatic heterocycles. The van der Waals surface area contributed by atoms with Crippen molar-refractivity contribution in [3.8, 4) is 0 Å². The Morgan fingerprint density at radius 2 is 2.05 bits per heavy atom. The number of benzene rings is 1. The highest BCUT2D eigenvalue weighted by molar-refractivity contribution is 5.81. The molecule has 1 aliphatic heterocycles. The Morgan fingerprint density at radius 1 is 1.35 bits per heavy atom. The second-order valence-electron chi connectivity index (χ2n) is 5.00. The van der Waals surface area contributed by atoms with Crippen molar-refractivity contribution >= 4 is 12.2 Å². The topological polar surface area (TPSA) is 37.4 Å². The van der Waals surface area contributed by atoms with Crippen LogP contribution in [0.4, 0.5) is 4.39 Å². The minimum absolute atomic E-state index is 0.105. The van der Waals surface area contributed by atoms with Gasteiger partial charge in [0.15, 0.2) is 0 Å². The van der Waals surface area contributed by atoms with Gasteiger partial charge in [-0.25, -0.2) is 4.39 Å². The number of carbonyl (C=O) groups excluding carboxylic acids is 2. The van der Waals surface area contributed by atoms with Crippen molar-refractivity contribution in [1.82, 2.24) is 4.90 Å². The highest BCUT2D eigenvalue weighted by Crippen LogP contribution is 2.34. The first kappa shape index (κ1) is 14.4. The quantitative estimate of drug-likeness (QED) is 0.625. The number of hydrogen-bond donors (Lipinski definition) is 0. The predicted octanol–water partition coefficient (Wildman–Crippen LogP) is 3.02. The van der Waals surface area contributed by atoms with Gasteiger partial charge in [-0.1, -0.05) is 18.2 Å². The Bertz CT molecular complexity index is 498. The molecule has 0 N–H and O–H groups in total. The zero-order valence-electron chi connectivity index (χ0n) is 11.3. The second kappa shape index (κ2) is 6.46. The Hall–Kier alpha value is -1.97. The average Bonchev–Trinajstić information content (AvgIpc) is 2.47. The number of nitrogens with zero attached hydrogens (tertiary/aromatic N) is 1. The summed E-state index contributed by atoms with van der Waals surface area (Å²) < 4.78 is 13.0. The summed E-state index contributed by atoms with van der Waals surface area (Å²) in [6, 6.07) is 5.58. The molecule has 1 aromatic carbocycles. The third-order valence-corrected chi connectivity index (χ3v) is 3.69. The summed E-state index contributed by atoms with van der Waals surface area (Å²) in [5, 5.41) is 0. The van der Waals surface area contributed by atoms with Crippen molar-refractivity contribution in [3.63, 3.8) is 0 Å². The molecule has 0 saturated carbocycles. The molecular formula is C16H18FNO2. The van der Waals surface area contributed by atoms with Crippen LogP contribution in [0, 0.1) is 5.82 Å². The molecular weight excluding hydrogens is 257 g/mol. The maximum atomic E-state index is 13.0. The third-order valence-electron chi connectivity index (χ3n) is 3.69. The molecule has 0 spiro atoms. The van der Waals surface area contributed by atoms with Crippen LogP contribution in [-0.2, 0) is 9.59 Å². The van der Waals surface area contributed by atoms with Gasteiger partial charge >= 0.3 is 0 Å². The van der Waals surface area contributed by atoms with Crippen LogP contribution in [0.5, 0.6) is 0 Å². The van der Waals surface area contributed by atoms with E-state index in [4.69, 9.17) is 0 Å². The van der Waals surface area contributed by atoms with E-state index in [0.29, 0.717) is 6.42 Å². The summed E-state index contributed by atoms with van der Waals surface area (Å²) in [7, 11) is 0. The third kappa shape index (κ3) is 2.95. The first-order valence-corrected chi connectivity index (χ1v) is 6.80. The number of likely N-dealkylation sites (tertiary alicyclic amines) is 1. The molecule has 0 bridgehead atoms. The summed E-state index contributed by atoms with van der Waals surface area (Å²) in [6.45, 7) is 3.57. The van der Waals surface area contributed by atoms with Gasteiger partial charge in [-0.3, -0.25) is 4.79 Å². The lowest BCUT2D eigenvalue weighted by Crippen LogP contribution is -2.46. The molecule has 0 unspecified atom stereocenters. The normalized spacial score (nSPS) is 22.4. The smallest absolute Gasteiger partial charge is 0.227 e. The van der Waals surface area contributed by atoms with Crippen molar-refractivity contribution in [2.45, 2.75) is 37.8 Å². The fourth-order valence-electron chi connectivity index (χ4n) is 2.76. The fraction of sp³-hybridized carbons (Fsp3) is 0.375. The van der Waals surface area contributed by atoms with Crippen LogP contribution in [0.15, 0.2) is 36.9 Å². The number of piperidine rings is 1. The highest BCUT2D eigenvalue weighted by Gasteiger charge is 2.34. The summed E-state index contributed by atoms with van der Waals surface area (Å²) >= 11 is 0. The van der Waals surface area contributed by atoms with Crippen LogP contribution in [0.3, 0.4) is 0 Å². The molecule has 1 heterocycles. The first-order valence-electron chi connectivity index (χ1n) is 6.80. The molecule has 1 aromatic rings. The van der Waals surface area contributed by atoms with E-state index in [1.165, 1.54) is 12.1 Å². The van der Waals surface area contributed by atoms with Gasteiger partial charge in [0.1, 0.15) is 12.1 Å². The van der Waals surface area contributed by atoms with Crippen molar-refractivity contribution < 1.29 is 14.0 Å². The van der Waals surface area contributed by atoms with Crippen LogP contribution in [0.1, 0.15) is 37.3 Å². The van der Waals surface area contributed by atoms with Gasteiger partial charge in [-0.15, -0.1) is 6.58 Å². The molecule has 0 aliphatic carbocycles. The Labute approximate surface area is 118 Å². The predicted molar refractivity (Wildman–Crippen MR) is 74.5 cm³/mol. The minimum Gasteiger partial charge on any atom is -0.326 e. The van der Waals surface area contributed by atoms with Crippen LogP contribution < -0.4 is 0 Å². The average molecular weight is 275 g/mol. The van der Waals surface area contributed by atoms with Crippen LogP contribution in [-0.4, -0.2) is 23.1 Å². The van der Waals surface area contributed by atoms with E-state index in [1.807, 2.05) is 0 Å². The van der Waals surface area contributed by atoms with Crippen molar-refractivity contribution in [3.05, 3.63) is 48.3 Å². The van der Waals surface area contributed by atoms with E-state index in [1.54, 1.807) is 23.1 Å². The molecule has 1 fully saturated rings. The second-order valence-corrected chi connectivity index (χ2v) is 5.00. The van der Waals surface area contributed by atoms with Crippen LogP contribution >= 0.6 is 0 Å². The zero-order valence-corrected chi connectivity index (χ0v) is 11.3. The lowest BCUT2D eigenvalue weighted by Gasteiger charge is -2.40. The van der Waals surface area contributed by atoms with Gasteiger partial charge in [0.25, 0.3) is 0 Å². The number of amides is 1. The number of aldehydes is 1. The Morgan fingerprint density at radius 3 is 2.65 bits per heavy atom. The molecule has 3 nitrogen and oxygen atoms in total. The molecule has 106 valence electrons. The fourth-order valence-corrected chi connectivity index (χ4v) is 2.76. The van der Waals surface area contributed by atoms with Crippen molar-refractivity contribution in [2.24, 2.45) is 0 Å². The molecule has 1 aliphatic rings. The molecule has 0 radical (unpaired) electrons. The van der Waals surface area contributed by atoms with Gasteiger partial charge in [0, 0.05) is 6.42 Å². The molecule has 2 atom stereocenters. The molecule has 20 heavy (non-hydrogen) atoms. The Kier molecular flexibility index (Phi) is 4.66. The number of rotatable bonds is 4. The van der Waals surface area contributed by atoms with E-state index >= 15 is 0 Å². The van der Waals surface area contributed by atoms with E-state index in [2.05, 4.69) is 6.58 Å². The monoisotopic (exact) mass is 275 g/mol. The molecule has 1 amide bonds. The van der Waals surface area contributed by atoms with Gasteiger partial charge in [-0.2, -0.15) is 0 Å². The highest BCUT2D eigenvalue weighted by atomic mass is 19.1. The van der Waals surface area contributed by atoms with E-state index in [-0.39, 0.29) is 24.2 Å². The van der Waals surface area contributed by atoms with E-state index in [0.717, 1.165) is 24.7 Å². The lowest BCUT2D eigenvalue weighted by atomic mass is 9.91. The molecule has 1 saturated heterocycles. The standard InChI is InChI=1S/C16H18FNO2/c1-2-4-16(20)18-14(11-19)5-3-6-15(18)12-7-9-13(17)10-8-12/h2,7-11,14-15H,1,3-6H2/t14-,15+/m1/s1. The van der Waals surface area contributed by atoms with Gasteiger partial charge in [-0.05, 0) is 37.0 Å². The zero-order chi connectivity index (χ0) is 14.5. The van der Waals surface area contributed by atoms with Crippen molar-refractivity contribution in [1.29, 1.82) is 0 Å². The summed E-state index contributed by atoms with van der Waals surface area (Å²) in [5.41, 5.74) is 0.871. The summed E-state index contributed by atoms with van der Waals surface area (Å²) in [6.07, 6.45) is 4.94. The number of hydrogen-bond acceptors (Lipinski definition) is 2. The number of carbonyl (C=O) groups is 2. The van der Waals surface area contributed by atoms with Gasteiger partial charge in [0.05, 0.1) is 12.1 Å². The van der Waals surface area contributed by atoms with E-state index in [9.17, 15) is 14.0 Å². The van der Waals surface area contributed by atoms with Gasteiger partial charge in [0.2, 0.25) is 5.91 Å². The maximum Gasteiger partial charge on any atom is 0.227 e. The first-order chi connectivity index (χ1) is 9.67. The van der Waals surface area contributed by atoms with Crippen LogP contribution in [0.2, 0.25) is 0 Å². The Balaban J connectivity index is 2.31. The maximum absolute atomic E-state index is 13.0. The van der Waals surface area contributed by atoms with E-state index < -0.39 is 6.04 Å². The summed E-state index contributed by atoms with van der Waals surface area (Å²) in [5.74, 6) is -0.411. The molecule has 2 rings (SSSR count). The summed E-state index contributed by atoms with van der Waals surface area (Å²) in [4.78, 5) is 25.1. The largest absolute Gasteiger partial charge is 0.326 e. The number of halogens is 1. The van der Waals surface area contributed by atoms with Gasteiger partial charge < -0.3 is 9.69 Å². The SMILES string of the molecule is C=CCC(=O)N1[C@@H](C=O)CCC[C@H]1c1ccc(F)cc1.